The van der Waals surface area contributed by atoms with Crippen LogP contribution in [0.1, 0.15) is 23.6 Å². The molecule has 0 aliphatic rings. The topological polar surface area (TPSA) is 48.0 Å². The highest BCUT2D eigenvalue weighted by Crippen LogP contribution is 2.38. The molecule has 0 saturated heterocycles. The van der Waals surface area contributed by atoms with Crippen LogP contribution in [0.5, 0.6) is 17.2 Å². The Bertz CT molecular complexity index is 732. The van der Waals surface area contributed by atoms with E-state index in [1.54, 1.807) is 21.3 Å². The smallest absolute Gasteiger partial charge is 0.227 e. The van der Waals surface area contributed by atoms with E-state index in [2.05, 4.69) is 19.1 Å². The van der Waals surface area contributed by atoms with Crippen molar-refractivity contribution in [2.45, 2.75) is 26.8 Å². The van der Waals surface area contributed by atoms with Crippen molar-refractivity contribution >= 4 is 5.91 Å². The summed E-state index contributed by atoms with van der Waals surface area (Å²) in [4.78, 5) is 14.7. The van der Waals surface area contributed by atoms with Crippen LogP contribution in [0.2, 0.25) is 0 Å². The summed E-state index contributed by atoms with van der Waals surface area (Å²) in [6.45, 7) is 5.31. The van der Waals surface area contributed by atoms with Crippen molar-refractivity contribution in [3.05, 3.63) is 53.1 Å². The molecule has 2 aromatic rings. The van der Waals surface area contributed by atoms with Gasteiger partial charge < -0.3 is 19.1 Å². The van der Waals surface area contributed by atoms with Gasteiger partial charge in [0, 0.05) is 13.1 Å². The lowest BCUT2D eigenvalue weighted by atomic mass is 10.1. The van der Waals surface area contributed by atoms with E-state index in [0.29, 0.717) is 30.3 Å². The van der Waals surface area contributed by atoms with E-state index < -0.39 is 0 Å². The Morgan fingerprint density at radius 1 is 1.00 bits per heavy atom. The van der Waals surface area contributed by atoms with Gasteiger partial charge in [-0.2, -0.15) is 0 Å². The summed E-state index contributed by atoms with van der Waals surface area (Å²) in [5, 5.41) is 0. The molecule has 0 unspecified atom stereocenters. The monoisotopic (exact) mass is 357 g/mol. The average Bonchev–Trinajstić information content (AvgIpc) is 2.66. The molecule has 5 heteroatoms. The zero-order chi connectivity index (χ0) is 19.1. The zero-order valence-electron chi connectivity index (χ0n) is 16.2. The number of nitrogens with zero attached hydrogens (tertiary/aromatic N) is 1. The van der Waals surface area contributed by atoms with Gasteiger partial charge in [0.1, 0.15) is 0 Å². The molecule has 0 spiro atoms. The third-order valence-corrected chi connectivity index (χ3v) is 4.44. The van der Waals surface area contributed by atoms with Crippen LogP contribution in [0.15, 0.2) is 36.4 Å². The number of hydrogen-bond donors (Lipinski definition) is 0. The van der Waals surface area contributed by atoms with Crippen LogP contribution in [0.25, 0.3) is 0 Å². The predicted molar refractivity (Wildman–Crippen MR) is 102 cm³/mol. The van der Waals surface area contributed by atoms with Crippen LogP contribution >= 0.6 is 0 Å². The van der Waals surface area contributed by atoms with E-state index in [4.69, 9.17) is 14.2 Å². The van der Waals surface area contributed by atoms with Crippen molar-refractivity contribution in [3.63, 3.8) is 0 Å². The summed E-state index contributed by atoms with van der Waals surface area (Å²) in [5.74, 6) is 1.69. The number of amides is 1. The highest BCUT2D eigenvalue weighted by Gasteiger charge is 2.18. The molecular weight excluding hydrogens is 330 g/mol. The van der Waals surface area contributed by atoms with Gasteiger partial charge in [-0.05, 0) is 42.7 Å². The van der Waals surface area contributed by atoms with Gasteiger partial charge in [0.15, 0.2) is 11.5 Å². The van der Waals surface area contributed by atoms with Gasteiger partial charge in [0.25, 0.3) is 0 Å². The predicted octanol–water partition coefficient (Wildman–Crippen LogP) is 3.61. The first-order chi connectivity index (χ1) is 12.5. The van der Waals surface area contributed by atoms with E-state index in [1.807, 2.05) is 36.1 Å². The van der Waals surface area contributed by atoms with Gasteiger partial charge in [-0.15, -0.1) is 0 Å². The lowest BCUT2D eigenvalue weighted by Crippen LogP contribution is -2.31. The van der Waals surface area contributed by atoms with Gasteiger partial charge in [-0.1, -0.05) is 24.3 Å². The molecule has 0 bridgehead atoms. The Balaban J connectivity index is 2.20. The maximum Gasteiger partial charge on any atom is 0.227 e. The molecule has 1 amide bonds. The van der Waals surface area contributed by atoms with Gasteiger partial charge in [-0.25, -0.2) is 0 Å². The minimum atomic E-state index is 0.0602. The van der Waals surface area contributed by atoms with Gasteiger partial charge in [0.2, 0.25) is 11.7 Å². The van der Waals surface area contributed by atoms with Crippen molar-refractivity contribution in [1.82, 2.24) is 4.90 Å². The van der Waals surface area contributed by atoms with Crippen LogP contribution in [-0.2, 0) is 17.8 Å². The highest BCUT2D eigenvalue weighted by molar-refractivity contribution is 5.79. The second kappa shape index (κ2) is 9.13. The SMILES string of the molecule is CCN(Cc1ccccc1C)C(=O)Cc1cc(OC)c(OC)c(OC)c1. The van der Waals surface area contributed by atoms with Crippen molar-refractivity contribution in [1.29, 1.82) is 0 Å². The number of ether oxygens (including phenoxy) is 3. The summed E-state index contributed by atoms with van der Waals surface area (Å²) in [6, 6.07) is 11.8. The number of hydrogen-bond acceptors (Lipinski definition) is 4. The summed E-state index contributed by atoms with van der Waals surface area (Å²) in [6.07, 6.45) is 0.274. The molecule has 2 rings (SSSR count). The van der Waals surface area contributed by atoms with E-state index in [-0.39, 0.29) is 12.3 Å². The van der Waals surface area contributed by atoms with Gasteiger partial charge >= 0.3 is 0 Å². The number of rotatable bonds is 8. The van der Waals surface area contributed by atoms with E-state index >= 15 is 0 Å². The summed E-state index contributed by atoms with van der Waals surface area (Å²) < 4.78 is 16.1. The molecule has 0 aliphatic carbocycles. The number of carbonyl (C=O) groups excluding carboxylic acids is 1. The fraction of sp³-hybridized carbons (Fsp3) is 0.381. The van der Waals surface area contributed by atoms with Crippen molar-refractivity contribution in [2.24, 2.45) is 0 Å². The molecule has 0 fully saturated rings. The van der Waals surface area contributed by atoms with Gasteiger partial charge in [-0.3, -0.25) is 4.79 Å². The lowest BCUT2D eigenvalue weighted by Gasteiger charge is -2.22. The Morgan fingerprint density at radius 3 is 2.12 bits per heavy atom. The summed E-state index contributed by atoms with van der Waals surface area (Å²) in [5.41, 5.74) is 3.17. The second-order valence-corrected chi connectivity index (χ2v) is 6.04. The largest absolute Gasteiger partial charge is 0.493 e. The first kappa shape index (κ1) is 19.6. The van der Waals surface area contributed by atoms with E-state index in [1.165, 1.54) is 5.56 Å². The van der Waals surface area contributed by atoms with Crippen molar-refractivity contribution in [2.75, 3.05) is 27.9 Å². The van der Waals surface area contributed by atoms with E-state index in [9.17, 15) is 4.79 Å². The maximum atomic E-state index is 12.8. The molecule has 26 heavy (non-hydrogen) atoms. The summed E-state index contributed by atoms with van der Waals surface area (Å²) in [7, 11) is 4.70. The fourth-order valence-electron chi connectivity index (χ4n) is 2.89. The Labute approximate surface area is 155 Å². The van der Waals surface area contributed by atoms with Crippen LogP contribution in [0.4, 0.5) is 0 Å². The molecule has 0 saturated carbocycles. The molecule has 0 aromatic heterocycles. The number of likely N-dealkylation sites (N-methyl/N-ethyl adjacent to an activating group) is 1. The zero-order valence-corrected chi connectivity index (χ0v) is 16.2. The number of methoxy groups -OCH3 is 3. The third kappa shape index (κ3) is 4.48. The van der Waals surface area contributed by atoms with Gasteiger partial charge in [0.05, 0.1) is 27.8 Å². The molecule has 0 heterocycles. The second-order valence-electron chi connectivity index (χ2n) is 6.04. The Kier molecular flexibility index (Phi) is 6.89. The molecule has 0 N–H and O–H groups in total. The number of benzene rings is 2. The quantitative estimate of drug-likeness (QED) is 0.724. The number of carbonyl (C=O) groups is 1. The third-order valence-electron chi connectivity index (χ3n) is 4.44. The molecule has 0 atom stereocenters. The molecule has 2 aromatic carbocycles. The van der Waals surface area contributed by atoms with Crippen LogP contribution in [0, 0.1) is 6.92 Å². The molecule has 140 valence electrons. The normalized spacial score (nSPS) is 10.3. The molecule has 0 aliphatic heterocycles. The first-order valence-electron chi connectivity index (χ1n) is 8.65. The minimum Gasteiger partial charge on any atom is -0.493 e. The maximum absolute atomic E-state index is 12.8. The molecular formula is C21H27NO4. The highest BCUT2D eigenvalue weighted by atomic mass is 16.5. The molecule has 5 nitrogen and oxygen atoms in total. The van der Waals surface area contributed by atoms with Crippen LogP contribution < -0.4 is 14.2 Å². The minimum absolute atomic E-state index is 0.0602. The summed E-state index contributed by atoms with van der Waals surface area (Å²) >= 11 is 0. The Morgan fingerprint density at radius 2 is 1.62 bits per heavy atom. The fourth-order valence-corrected chi connectivity index (χ4v) is 2.89. The molecule has 0 radical (unpaired) electrons. The van der Waals surface area contributed by atoms with Crippen LogP contribution in [0.3, 0.4) is 0 Å². The number of aryl methyl sites for hydroxylation is 1. The first-order valence-corrected chi connectivity index (χ1v) is 8.65. The van der Waals surface area contributed by atoms with Crippen molar-refractivity contribution < 1.29 is 19.0 Å². The Hall–Kier alpha value is -2.69. The van der Waals surface area contributed by atoms with Crippen molar-refractivity contribution in [3.8, 4) is 17.2 Å². The average molecular weight is 357 g/mol. The standard InChI is InChI=1S/C21H27NO4/c1-6-22(14-17-10-8-7-9-15(17)2)20(23)13-16-11-18(24-3)21(26-5)19(12-16)25-4/h7-12H,6,13-14H2,1-5H3. The lowest BCUT2D eigenvalue weighted by molar-refractivity contribution is -0.130. The van der Waals surface area contributed by atoms with Crippen LogP contribution in [-0.4, -0.2) is 38.7 Å². The van der Waals surface area contributed by atoms with E-state index in [0.717, 1.165) is 11.1 Å².